The number of nitrogens with one attached hydrogen (secondary N) is 2. The van der Waals surface area contributed by atoms with Crippen LogP contribution >= 0.6 is 0 Å². The third-order valence-corrected chi connectivity index (χ3v) is 5.69. The Morgan fingerprint density at radius 1 is 1.31 bits per heavy atom. The molecule has 0 unspecified atom stereocenters. The van der Waals surface area contributed by atoms with Crippen LogP contribution in [0.4, 0.5) is 15.4 Å². The molecule has 0 spiro atoms. The van der Waals surface area contributed by atoms with Crippen LogP contribution in [0.5, 0.6) is 0 Å². The molecular weight excluding hydrogens is 416 g/mol. The fourth-order valence-electron chi connectivity index (χ4n) is 3.92. The van der Waals surface area contributed by atoms with E-state index in [1.165, 1.54) is 10.9 Å². The second kappa shape index (κ2) is 9.95. The fourth-order valence-corrected chi connectivity index (χ4v) is 3.92. The molecule has 12 heteroatoms. The Labute approximate surface area is 184 Å². The lowest BCUT2D eigenvalue weighted by atomic mass is 9.92. The molecule has 0 radical (unpaired) electrons. The van der Waals surface area contributed by atoms with Gasteiger partial charge < -0.3 is 25.5 Å². The van der Waals surface area contributed by atoms with Crippen molar-refractivity contribution in [3.63, 3.8) is 0 Å². The topological polar surface area (TPSA) is 156 Å². The summed E-state index contributed by atoms with van der Waals surface area (Å²) in [5, 5.41) is 22.9. The monoisotopic (exact) mass is 442 g/mol. The second-order valence-corrected chi connectivity index (χ2v) is 7.70. The number of hydrogen-bond acceptors (Lipinski definition) is 7. The summed E-state index contributed by atoms with van der Waals surface area (Å²) >= 11 is 0. The van der Waals surface area contributed by atoms with Gasteiger partial charge in [-0.3, -0.25) is 9.36 Å². The number of likely N-dealkylation sites (tertiary alicyclic amines) is 1. The molecule has 2 aromatic heterocycles. The van der Waals surface area contributed by atoms with Gasteiger partial charge >= 0.3 is 12.1 Å². The molecule has 0 aliphatic carbocycles. The predicted octanol–water partition coefficient (Wildman–Crippen LogP) is 0.843. The third-order valence-electron chi connectivity index (χ3n) is 5.69. The molecule has 3 heterocycles. The molecule has 32 heavy (non-hydrogen) atoms. The van der Waals surface area contributed by atoms with Crippen LogP contribution in [0.2, 0.25) is 0 Å². The average molecular weight is 442 g/mol. The molecule has 0 aromatic carbocycles. The lowest BCUT2D eigenvalue weighted by Crippen LogP contribution is -2.52. The Balaban J connectivity index is 1.78. The minimum Gasteiger partial charge on any atom is -0.465 e. The van der Waals surface area contributed by atoms with E-state index in [0.717, 1.165) is 6.42 Å². The lowest BCUT2D eigenvalue weighted by Gasteiger charge is -2.42. The number of carbonyl (C=O) groups excluding carboxylic acids is 2. The van der Waals surface area contributed by atoms with Gasteiger partial charge in [-0.25, -0.2) is 19.6 Å². The molecule has 0 saturated carbocycles. The zero-order chi connectivity index (χ0) is 23.3. The molecule has 0 bridgehead atoms. The van der Waals surface area contributed by atoms with Crippen molar-refractivity contribution in [2.24, 2.45) is 5.92 Å². The molecule has 2 atom stereocenters. The first kappa shape index (κ1) is 22.8. The number of nitrogens with zero attached hydrogens (tertiary/aromatic N) is 6. The summed E-state index contributed by atoms with van der Waals surface area (Å²) in [5.74, 6) is 0.759. The normalized spacial score (nSPS) is 18.1. The Hall–Kier alpha value is -3.88. The van der Waals surface area contributed by atoms with E-state index in [4.69, 9.17) is 10.4 Å². The number of carbonyl (C=O) groups is 3. The molecular formula is C20H26N8O4. The van der Waals surface area contributed by atoms with Crippen LogP contribution in [-0.4, -0.2) is 81.8 Å². The molecule has 3 N–H and O–H groups in total. The van der Waals surface area contributed by atoms with E-state index in [2.05, 4.69) is 27.5 Å². The average Bonchev–Trinajstić information content (AvgIpc) is 3.21. The summed E-state index contributed by atoms with van der Waals surface area (Å²) in [6.07, 6.45) is 2.49. The van der Waals surface area contributed by atoms with E-state index < -0.39 is 12.1 Å². The van der Waals surface area contributed by atoms with Crippen LogP contribution in [-0.2, 0) is 4.79 Å². The quantitative estimate of drug-likeness (QED) is 0.556. The summed E-state index contributed by atoms with van der Waals surface area (Å²) in [4.78, 5) is 47.6. The minimum atomic E-state index is -1.16. The van der Waals surface area contributed by atoms with Gasteiger partial charge in [0.2, 0.25) is 5.91 Å². The largest absolute Gasteiger partial charge is 0.465 e. The summed E-state index contributed by atoms with van der Waals surface area (Å²) in [7, 11) is 1.90. The number of likely N-dealkylation sites (N-methyl/N-ethyl adjacent to an activating group) is 1. The highest BCUT2D eigenvalue weighted by molar-refractivity contribution is 5.94. The van der Waals surface area contributed by atoms with Crippen molar-refractivity contribution in [2.75, 3.05) is 38.1 Å². The van der Waals surface area contributed by atoms with Gasteiger partial charge in [0, 0.05) is 39.4 Å². The fraction of sp³-hybridized carbons (Fsp3) is 0.500. The Bertz CT molecular complexity index is 1050. The van der Waals surface area contributed by atoms with Gasteiger partial charge in [-0.1, -0.05) is 6.92 Å². The SMILES string of the molecule is C[C@@H]1CCN(C(=O)CC#N)C[C@@H]1N(C)c1ncnc2c1ccn2C(=O)NCCNC(=O)O. The lowest BCUT2D eigenvalue weighted by molar-refractivity contribution is -0.131. The highest BCUT2D eigenvalue weighted by Gasteiger charge is 2.32. The summed E-state index contributed by atoms with van der Waals surface area (Å²) in [6, 6.07) is 3.22. The molecule has 1 aliphatic heterocycles. The maximum Gasteiger partial charge on any atom is 0.404 e. The molecule has 1 saturated heterocycles. The number of amides is 3. The van der Waals surface area contributed by atoms with Crippen molar-refractivity contribution in [2.45, 2.75) is 25.8 Å². The molecule has 1 fully saturated rings. The van der Waals surface area contributed by atoms with E-state index in [-0.39, 0.29) is 31.5 Å². The van der Waals surface area contributed by atoms with E-state index in [1.807, 2.05) is 18.0 Å². The molecule has 3 amide bonds. The maximum atomic E-state index is 12.5. The van der Waals surface area contributed by atoms with Crippen LogP contribution in [0, 0.1) is 17.2 Å². The van der Waals surface area contributed by atoms with Gasteiger partial charge in [0.15, 0.2) is 5.65 Å². The van der Waals surface area contributed by atoms with Crippen molar-refractivity contribution < 1.29 is 19.5 Å². The number of hydrogen-bond donors (Lipinski definition) is 3. The number of nitriles is 1. The summed E-state index contributed by atoms with van der Waals surface area (Å²) < 4.78 is 1.35. The van der Waals surface area contributed by atoms with Crippen molar-refractivity contribution >= 4 is 34.9 Å². The Morgan fingerprint density at radius 2 is 2.06 bits per heavy atom. The van der Waals surface area contributed by atoms with Crippen molar-refractivity contribution in [1.82, 2.24) is 30.1 Å². The van der Waals surface area contributed by atoms with E-state index >= 15 is 0 Å². The van der Waals surface area contributed by atoms with E-state index in [0.29, 0.717) is 35.9 Å². The van der Waals surface area contributed by atoms with Crippen LogP contribution in [0.25, 0.3) is 11.0 Å². The van der Waals surface area contributed by atoms with Crippen LogP contribution < -0.4 is 15.5 Å². The zero-order valence-corrected chi connectivity index (χ0v) is 18.0. The smallest absolute Gasteiger partial charge is 0.404 e. The van der Waals surface area contributed by atoms with Crippen molar-refractivity contribution in [1.29, 1.82) is 5.26 Å². The van der Waals surface area contributed by atoms with Gasteiger partial charge in [-0.05, 0) is 18.4 Å². The van der Waals surface area contributed by atoms with Crippen LogP contribution in [0.1, 0.15) is 19.8 Å². The first-order valence-electron chi connectivity index (χ1n) is 10.3. The predicted molar refractivity (Wildman–Crippen MR) is 115 cm³/mol. The number of anilines is 1. The highest BCUT2D eigenvalue weighted by atomic mass is 16.4. The highest BCUT2D eigenvalue weighted by Crippen LogP contribution is 2.29. The second-order valence-electron chi connectivity index (χ2n) is 7.70. The Kier molecular flexibility index (Phi) is 7.09. The molecule has 1 aliphatic rings. The molecule has 3 rings (SSSR count). The first-order valence-corrected chi connectivity index (χ1v) is 10.3. The molecule has 2 aromatic rings. The Morgan fingerprint density at radius 3 is 2.78 bits per heavy atom. The molecule has 12 nitrogen and oxygen atoms in total. The number of piperidine rings is 1. The third kappa shape index (κ3) is 4.88. The van der Waals surface area contributed by atoms with Crippen molar-refractivity contribution in [3.8, 4) is 6.07 Å². The van der Waals surface area contributed by atoms with Gasteiger partial charge in [-0.15, -0.1) is 0 Å². The van der Waals surface area contributed by atoms with Crippen LogP contribution in [0.15, 0.2) is 18.6 Å². The van der Waals surface area contributed by atoms with E-state index in [1.54, 1.807) is 17.2 Å². The van der Waals surface area contributed by atoms with Crippen LogP contribution in [0.3, 0.4) is 0 Å². The van der Waals surface area contributed by atoms with Gasteiger partial charge in [-0.2, -0.15) is 5.26 Å². The van der Waals surface area contributed by atoms with Crippen molar-refractivity contribution in [3.05, 3.63) is 18.6 Å². The van der Waals surface area contributed by atoms with Gasteiger partial charge in [0.25, 0.3) is 0 Å². The first-order chi connectivity index (χ1) is 15.3. The number of carboxylic acid groups (broad SMARTS) is 1. The van der Waals surface area contributed by atoms with Gasteiger partial charge in [0.05, 0.1) is 17.5 Å². The van der Waals surface area contributed by atoms with E-state index in [9.17, 15) is 14.4 Å². The minimum absolute atomic E-state index is 0.0104. The summed E-state index contributed by atoms with van der Waals surface area (Å²) in [6.45, 7) is 3.45. The standard InChI is InChI=1S/C20H26N8O4/c1-13-4-9-27(16(29)3-6-21)11-15(13)26(2)17-14-5-10-28(18(14)25-12-24-17)19(30)22-7-8-23-20(31)32/h5,10,12-13,15,23H,3-4,7-9,11H2,1-2H3,(H,22,30)(H,31,32)/t13-,15+/m1/s1. The maximum absolute atomic E-state index is 12.5. The van der Waals surface area contributed by atoms with Gasteiger partial charge in [0.1, 0.15) is 18.6 Å². The zero-order valence-electron chi connectivity index (χ0n) is 18.0. The number of aromatic nitrogens is 3. The summed E-state index contributed by atoms with van der Waals surface area (Å²) in [5.41, 5.74) is 0.423. The number of fused-ring (bicyclic) bond motifs is 1. The molecule has 170 valence electrons. The number of rotatable bonds is 6.